The van der Waals surface area contributed by atoms with Gasteiger partial charge in [0.25, 0.3) is 0 Å². The zero-order valence-corrected chi connectivity index (χ0v) is 10.9. The van der Waals surface area contributed by atoms with Crippen molar-refractivity contribution in [1.29, 1.82) is 0 Å². The van der Waals surface area contributed by atoms with Crippen molar-refractivity contribution in [2.45, 2.75) is 26.5 Å². The zero-order valence-electron chi connectivity index (χ0n) is 10.9. The zero-order chi connectivity index (χ0) is 13.1. The lowest BCUT2D eigenvalue weighted by molar-refractivity contribution is 0.199. The van der Waals surface area contributed by atoms with Gasteiger partial charge in [0.15, 0.2) is 0 Å². The van der Waals surface area contributed by atoms with Crippen LogP contribution >= 0.6 is 0 Å². The largest absolute Gasteiger partial charge is 0.464 e. The van der Waals surface area contributed by atoms with Gasteiger partial charge in [-0.05, 0) is 32.0 Å². The fourth-order valence-corrected chi connectivity index (χ4v) is 1.93. The number of rotatable bonds is 4. The van der Waals surface area contributed by atoms with Crippen molar-refractivity contribution >= 4 is 5.82 Å². The molecule has 0 amide bonds. The van der Waals surface area contributed by atoms with E-state index < -0.39 is 6.10 Å². The van der Waals surface area contributed by atoms with Gasteiger partial charge in [-0.1, -0.05) is 6.07 Å². The second-order valence-electron chi connectivity index (χ2n) is 4.46. The van der Waals surface area contributed by atoms with Crippen molar-refractivity contribution in [1.82, 2.24) is 4.98 Å². The molecule has 0 aromatic carbocycles. The van der Waals surface area contributed by atoms with Crippen LogP contribution in [0.5, 0.6) is 0 Å². The molecule has 4 heteroatoms. The molecule has 18 heavy (non-hydrogen) atoms. The van der Waals surface area contributed by atoms with Crippen molar-refractivity contribution in [2.24, 2.45) is 0 Å². The SMILES string of the molecule is Cc1ccc(CN(C)c2ncccc2[C@@H](C)O)o1. The lowest BCUT2D eigenvalue weighted by Gasteiger charge is -2.21. The Labute approximate surface area is 107 Å². The molecule has 0 radical (unpaired) electrons. The number of anilines is 1. The molecule has 2 heterocycles. The number of hydrogen-bond acceptors (Lipinski definition) is 4. The van der Waals surface area contributed by atoms with E-state index in [0.717, 1.165) is 22.9 Å². The number of furan rings is 1. The summed E-state index contributed by atoms with van der Waals surface area (Å²) in [6.07, 6.45) is 1.19. The van der Waals surface area contributed by atoms with E-state index >= 15 is 0 Å². The molecule has 2 rings (SSSR count). The Kier molecular flexibility index (Phi) is 3.67. The quantitative estimate of drug-likeness (QED) is 0.901. The van der Waals surface area contributed by atoms with Crippen molar-refractivity contribution in [3.05, 3.63) is 47.5 Å². The van der Waals surface area contributed by atoms with Gasteiger partial charge in [0, 0.05) is 18.8 Å². The van der Waals surface area contributed by atoms with Crippen LogP contribution in [0, 0.1) is 6.92 Å². The highest BCUT2D eigenvalue weighted by atomic mass is 16.3. The number of hydrogen-bond donors (Lipinski definition) is 1. The number of aromatic nitrogens is 1. The first-order chi connectivity index (χ1) is 8.58. The third-order valence-corrected chi connectivity index (χ3v) is 2.82. The minimum absolute atomic E-state index is 0.533. The van der Waals surface area contributed by atoms with Crippen molar-refractivity contribution in [2.75, 3.05) is 11.9 Å². The Hall–Kier alpha value is -1.81. The first kappa shape index (κ1) is 12.6. The molecule has 1 atom stereocenters. The van der Waals surface area contributed by atoms with E-state index in [1.54, 1.807) is 13.1 Å². The van der Waals surface area contributed by atoms with Gasteiger partial charge in [-0.25, -0.2) is 4.98 Å². The number of aryl methyl sites for hydroxylation is 1. The van der Waals surface area contributed by atoms with Crippen LogP contribution in [0.4, 0.5) is 5.82 Å². The van der Waals surface area contributed by atoms with Crippen LogP contribution in [0.15, 0.2) is 34.9 Å². The Morgan fingerprint density at radius 3 is 2.78 bits per heavy atom. The van der Waals surface area contributed by atoms with E-state index in [-0.39, 0.29) is 0 Å². The standard InChI is InChI=1S/C14H18N2O2/c1-10-6-7-12(18-10)9-16(3)14-13(11(2)17)5-4-8-15-14/h4-8,11,17H,9H2,1-3H3/t11-/m1/s1. The minimum Gasteiger partial charge on any atom is -0.464 e. The maximum Gasteiger partial charge on any atom is 0.134 e. The van der Waals surface area contributed by atoms with Crippen LogP contribution in [0.3, 0.4) is 0 Å². The van der Waals surface area contributed by atoms with Gasteiger partial charge in [0.2, 0.25) is 0 Å². The number of nitrogens with zero attached hydrogens (tertiary/aromatic N) is 2. The van der Waals surface area contributed by atoms with Crippen molar-refractivity contribution < 1.29 is 9.52 Å². The molecule has 0 aliphatic carbocycles. The smallest absolute Gasteiger partial charge is 0.134 e. The van der Waals surface area contributed by atoms with Crippen molar-refractivity contribution in [3.8, 4) is 0 Å². The molecule has 2 aromatic heterocycles. The highest BCUT2D eigenvalue weighted by molar-refractivity contribution is 5.47. The number of pyridine rings is 1. The molecule has 0 fully saturated rings. The molecule has 0 aliphatic heterocycles. The highest BCUT2D eigenvalue weighted by Gasteiger charge is 2.13. The summed E-state index contributed by atoms with van der Waals surface area (Å²) in [6, 6.07) is 7.61. The monoisotopic (exact) mass is 246 g/mol. The van der Waals surface area contributed by atoms with E-state index in [4.69, 9.17) is 4.42 Å². The summed E-state index contributed by atoms with van der Waals surface area (Å²) in [5.41, 5.74) is 0.822. The lowest BCUT2D eigenvalue weighted by Crippen LogP contribution is -2.19. The number of aliphatic hydroxyl groups is 1. The van der Waals surface area contributed by atoms with E-state index in [1.807, 2.05) is 43.1 Å². The Morgan fingerprint density at radius 1 is 1.39 bits per heavy atom. The van der Waals surface area contributed by atoms with Gasteiger partial charge >= 0.3 is 0 Å². The van der Waals surface area contributed by atoms with E-state index in [9.17, 15) is 5.11 Å². The predicted molar refractivity (Wildman–Crippen MR) is 70.4 cm³/mol. The first-order valence-electron chi connectivity index (χ1n) is 5.97. The summed E-state index contributed by atoms with van der Waals surface area (Å²) in [5.74, 6) is 2.56. The Morgan fingerprint density at radius 2 is 2.17 bits per heavy atom. The molecule has 0 aliphatic rings. The minimum atomic E-state index is -0.533. The van der Waals surface area contributed by atoms with Gasteiger partial charge in [-0.2, -0.15) is 0 Å². The van der Waals surface area contributed by atoms with Crippen molar-refractivity contribution in [3.63, 3.8) is 0 Å². The molecule has 0 saturated heterocycles. The average Bonchev–Trinajstić information content (AvgIpc) is 2.74. The van der Waals surface area contributed by atoms with Gasteiger partial charge in [-0.15, -0.1) is 0 Å². The maximum absolute atomic E-state index is 9.73. The summed E-state index contributed by atoms with van der Waals surface area (Å²) in [7, 11) is 1.94. The summed E-state index contributed by atoms with van der Waals surface area (Å²) < 4.78 is 5.54. The first-order valence-corrected chi connectivity index (χ1v) is 5.97. The fourth-order valence-electron chi connectivity index (χ4n) is 1.93. The normalized spacial score (nSPS) is 12.4. The van der Waals surface area contributed by atoms with Gasteiger partial charge in [0.1, 0.15) is 17.3 Å². The van der Waals surface area contributed by atoms with Crippen LogP contribution in [-0.2, 0) is 6.54 Å². The van der Waals surface area contributed by atoms with Crippen LogP contribution in [0.2, 0.25) is 0 Å². The Balaban J connectivity index is 2.20. The van der Waals surface area contributed by atoms with Crippen LogP contribution < -0.4 is 4.90 Å². The molecule has 4 nitrogen and oxygen atoms in total. The average molecular weight is 246 g/mol. The third-order valence-electron chi connectivity index (χ3n) is 2.82. The summed E-state index contributed by atoms with van der Waals surface area (Å²) in [4.78, 5) is 6.30. The summed E-state index contributed by atoms with van der Waals surface area (Å²) in [5, 5.41) is 9.73. The highest BCUT2D eigenvalue weighted by Crippen LogP contribution is 2.24. The molecular weight excluding hydrogens is 228 g/mol. The van der Waals surface area contributed by atoms with E-state index in [2.05, 4.69) is 4.98 Å². The second kappa shape index (κ2) is 5.23. The molecular formula is C14H18N2O2. The fraction of sp³-hybridized carbons (Fsp3) is 0.357. The van der Waals surface area contributed by atoms with Gasteiger partial charge in [0.05, 0.1) is 12.6 Å². The topological polar surface area (TPSA) is 49.5 Å². The lowest BCUT2D eigenvalue weighted by atomic mass is 10.1. The summed E-state index contributed by atoms with van der Waals surface area (Å²) >= 11 is 0. The number of aliphatic hydroxyl groups excluding tert-OH is 1. The molecule has 96 valence electrons. The van der Waals surface area contributed by atoms with Gasteiger partial charge < -0.3 is 14.4 Å². The molecule has 0 saturated carbocycles. The maximum atomic E-state index is 9.73. The predicted octanol–water partition coefficient (Wildman–Crippen LogP) is 2.67. The van der Waals surface area contributed by atoms with Crippen LogP contribution in [-0.4, -0.2) is 17.1 Å². The second-order valence-corrected chi connectivity index (χ2v) is 4.46. The molecule has 1 N–H and O–H groups in total. The third kappa shape index (κ3) is 2.71. The Bertz CT molecular complexity index is 520. The molecule has 0 bridgehead atoms. The van der Waals surface area contributed by atoms with E-state index in [1.165, 1.54) is 0 Å². The van der Waals surface area contributed by atoms with E-state index in [0.29, 0.717) is 6.54 Å². The molecule has 0 unspecified atom stereocenters. The molecule has 0 spiro atoms. The van der Waals surface area contributed by atoms with Crippen LogP contribution in [0.25, 0.3) is 0 Å². The molecule has 2 aromatic rings. The van der Waals surface area contributed by atoms with Crippen LogP contribution in [0.1, 0.15) is 30.1 Å². The summed E-state index contributed by atoms with van der Waals surface area (Å²) in [6.45, 7) is 4.29. The van der Waals surface area contributed by atoms with Gasteiger partial charge in [-0.3, -0.25) is 0 Å².